The van der Waals surface area contributed by atoms with Crippen molar-refractivity contribution < 1.29 is 35.9 Å². The Hall–Kier alpha value is -2.80. The van der Waals surface area contributed by atoms with Crippen LogP contribution in [0.3, 0.4) is 0 Å². The summed E-state index contributed by atoms with van der Waals surface area (Å²) in [6.07, 6.45) is 0. The summed E-state index contributed by atoms with van der Waals surface area (Å²) in [5, 5.41) is 9.66. The van der Waals surface area contributed by atoms with Crippen molar-refractivity contribution in [2.45, 2.75) is 10.1 Å². The molecule has 0 spiro atoms. The molecule has 1 amide bonds. The van der Waals surface area contributed by atoms with Gasteiger partial charge in [-0.05, 0) is 11.6 Å². The maximum absolute atomic E-state index is 13.6. The summed E-state index contributed by atoms with van der Waals surface area (Å²) >= 11 is 2.09. The van der Waals surface area contributed by atoms with Gasteiger partial charge in [-0.1, -0.05) is 41.3 Å². The molecule has 0 fully saturated rings. The molecule has 1 heterocycles. The number of hydrogen-bond acceptors (Lipinski definition) is 6. The zero-order valence-corrected chi connectivity index (χ0v) is 16.2. The van der Waals surface area contributed by atoms with Crippen LogP contribution in [0.25, 0.3) is 0 Å². The van der Waals surface area contributed by atoms with Gasteiger partial charge in [0.05, 0.1) is 0 Å². The van der Waals surface area contributed by atoms with E-state index in [0.717, 1.165) is 23.1 Å². The molecule has 2 aromatic carbocycles. The highest BCUT2D eigenvalue weighted by molar-refractivity contribution is 8.00. The van der Waals surface area contributed by atoms with Crippen LogP contribution in [0.5, 0.6) is 5.75 Å². The van der Waals surface area contributed by atoms with Gasteiger partial charge in [-0.15, -0.1) is 10.2 Å². The SMILES string of the molecule is O=C(COc1c(F)c(F)c(F)c(F)c1F)Nc1nnc(SCc2ccccc2F)s1. The van der Waals surface area contributed by atoms with E-state index in [2.05, 4.69) is 20.3 Å². The maximum Gasteiger partial charge on any atom is 0.264 e. The van der Waals surface area contributed by atoms with Gasteiger partial charge in [0, 0.05) is 5.75 Å². The maximum atomic E-state index is 13.6. The van der Waals surface area contributed by atoms with E-state index in [-0.39, 0.29) is 16.7 Å². The molecule has 0 bridgehead atoms. The third kappa shape index (κ3) is 4.84. The number of benzene rings is 2. The number of thioether (sulfide) groups is 1. The first-order valence-corrected chi connectivity index (χ1v) is 9.72. The van der Waals surface area contributed by atoms with Crippen LogP contribution in [-0.2, 0) is 10.5 Å². The Labute approximate surface area is 173 Å². The number of anilines is 1. The van der Waals surface area contributed by atoms with Crippen LogP contribution in [0, 0.1) is 34.9 Å². The molecule has 0 atom stereocenters. The molecule has 5 nitrogen and oxygen atoms in total. The molecule has 0 radical (unpaired) electrons. The Balaban J connectivity index is 1.57. The van der Waals surface area contributed by atoms with Crippen molar-refractivity contribution in [1.82, 2.24) is 10.2 Å². The van der Waals surface area contributed by atoms with Crippen molar-refractivity contribution in [3.63, 3.8) is 0 Å². The zero-order valence-electron chi connectivity index (χ0n) is 14.5. The predicted octanol–water partition coefficient (Wildman–Crippen LogP) is 4.68. The van der Waals surface area contributed by atoms with Gasteiger partial charge < -0.3 is 4.74 Å². The van der Waals surface area contributed by atoms with E-state index in [9.17, 15) is 31.1 Å². The smallest absolute Gasteiger partial charge is 0.264 e. The summed E-state index contributed by atoms with van der Waals surface area (Å²) in [5.74, 6) is -13.8. The normalized spacial score (nSPS) is 10.9. The molecule has 158 valence electrons. The Kier molecular flexibility index (Phi) is 6.82. The number of carbonyl (C=O) groups is 1. The van der Waals surface area contributed by atoms with Crippen molar-refractivity contribution >= 4 is 34.1 Å². The molecule has 0 unspecified atom stereocenters. The second kappa shape index (κ2) is 9.34. The number of carbonyl (C=O) groups excluding carboxylic acids is 1. The second-order valence-corrected chi connectivity index (χ2v) is 7.69. The minimum Gasteiger partial charge on any atom is -0.477 e. The first-order valence-electron chi connectivity index (χ1n) is 7.91. The summed E-state index contributed by atoms with van der Waals surface area (Å²) in [6.45, 7) is -1.05. The lowest BCUT2D eigenvalue weighted by molar-refractivity contribution is -0.118. The molecular weight excluding hydrogens is 456 g/mol. The fraction of sp³-hybridized carbons (Fsp3) is 0.118. The van der Waals surface area contributed by atoms with E-state index in [1.165, 1.54) is 6.07 Å². The lowest BCUT2D eigenvalue weighted by atomic mass is 10.2. The molecule has 13 heteroatoms. The fourth-order valence-electron chi connectivity index (χ4n) is 2.08. The largest absolute Gasteiger partial charge is 0.477 e. The molecule has 1 N–H and O–H groups in total. The van der Waals surface area contributed by atoms with Gasteiger partial charge in [-0.2, -0.15) is 8.78 Å². The summed E-state index contributed by atoms with van der Waals surface area (Å²) in [7, 11) is 0. The molecule has 3 rings (SSSR count). The molecule has 0 aliphatic carbocycles. The Morgan fingerprint density at radius 3 is 2.27 bits per heavy atom. The average molecular weight is 465 g/mol. The number of ether oxygens (including phenoxy) is 1. The number of nitrogens with zero attached hydrogens (tertiary/aromatic N) is 2. The van der Waals surface area contributed by atoms with E-state index in [1.807, 2.05) is 0 Å². The van der Waals surface area contributed by atoms with Gasteiger partial charge in [0.2, 0.25) is 34.2 Å². The Bertz CT molecular complexity index is 1070. The summed E-state index contributed by atoms with van der Waals surface area (Å²) in [6, 6.07) is 6.14. The fourth-order valence-corrected chi connectivity index (χ4v) is 3.83. The van der Waals surface area contributed by atoms with Crippen LogP contribution in [-0.4, -0.2) is 22.7 Å². The van der Waals surface area contributed by atoms with Gasteiger partial charge in [0.1, 0.15) is 5.82 Å². The first-order chi connectivity index (χ1) is 14.3. The van der Waals surface area contributed by atoms with Gasteiger partial charge in [0.25, 0.3) is 5.91 Å². The summed E-state index contributed by atoms with van der Waals surface area (Å²) in [4.78, 5) is 11.8. The third-order valence-corrected chi connectivity index (χ3v) is 5.50. The lowest BCUT2D eigenvalue weighted by Gasteiger charge is -2.09. The highest BCUT2D eigenvalue weighted by Crippen LogP contribution is 2.30. The quantitative estimate of drug-likeness (QED) is 0.181. The number of rotatable bonds is 7. The van der Waals surface area contributed by atoms with E-state index >= 15 is 0 Å². The van der Waals surface area contributed by atoms with E-state index < -0.39 is 47.3 Å². The van der Waals surface area contributed by atoms with Crippen molar-refractivity contribution in [1.29, 1.82) is 0 Å². The topological polar surface area (TPSA) is 64.1 Å². The summed E-state index contributed by atoms with van der Waals surface area (Å²) in [5.41, 5.74) is 0.444. The minimum absolute atomic E-state index is 0.00274. The lowest BCUT2D eigenvalue weighted by Crippen LogP contribution is -2.21. The van der Waals surface area contributed by atoms with Gasteiger partial charge in [-0.25, -0.2) is 17.6 Å². The number of nitrogens with one attached hydrogen (secondary N) is 1. The van der Waals surface area contributed by atoms with Crippen LogP contribution in [0.2, 0.25) is 0 Å². The van der Waals surface area contributed by atoms with Crippen LogP contribution in [0.4, 0.5) is 31.5 Å². The van der Waals surface area contributed by atoms with Crippen LogP contribution in [0.15, 0.2) is 28.6 Å². The molecule has 0 saturated heterocycles. The number of aromatic nitrogens is 2. The molecule has 0 aliphatic rings. The van der Waals surface area contributed by atoms with Crippen molar-refractivity contribution in [2.75, 3.05) is 11.9 Å². The van der Waals surface area contributed by atoms with Crippen molar-refractivity contribution in [2.24, 2.45) is 0 Å². The van der Waals surface area contributed by atoms with Gasteiger partial charge in [-0.3, -0.25) is 10.1 Å². The van der Waals surface area contributed by atoms with Gasteiger partial charge >= 0.3 is 0 Å². The third-order valence-electron chi connectivity index (χ3n) is 3.48. The minimum atomic E-state index is -2.34. The van der Waals surface area contributed by atoms with Crippen LogP contribution in [0.1, 0.15) is 5.56 Å². The number of amides is 1. The standard InChI is InChI=1S/C17H9F6N3O2S2/c18-8-4-2-1-3-7(8)6-29-17-26-25-16(30-17)24-9(27)5-28-15-13(22)11(20)10(19)12(21)14(15)23/h1-4H,5-6H2,(H,24,25,27). The molecular formula is C17H9F6N3O2S2. The second-order valence-electron chi connectivity index (χ2n) is 5.49. The molecule has 3 aromatic rings. The molecule has 0 saturated carbocycles. The van der Waals surface area contributed by atoms with Crippen LogP contribution < -0.4 is 10.1 Å². The highest BCUT2D eigenvalue weighted by Gasteiger charge is 2.27. The molecule has 1 aromatic heterocycles. The van der Waals surface area contributed by atoms with Gasteiger partial charge in [0.15, 0.2) is 16.7 Å². The van der Waals surface area contributed by atoms with E-state index in [0.29, 0.717) is 9.90 Å². The Morgan fingerprint density at radius 1 is 0.967 bits per heavy atom. The highest BCUT2D eigenvalue weighted by atomic mass is 32.2. The zero-order chi connectivity index (χ0) is 21.8. The Morgan fingerprint density at radius 2 is 1.60 bits per heavy atom. The predicted molar refractivity (Wildman–Crippen MR) is 96.2 cm³/mol. The average Bonchev–Trinajstić information content (AvgIpc) is 3.17. The summed E-state index contributed by atoms with van der Waals surface area (Å²) < 4.78 is 84.7. The number of hydrogen-bond donors (Lipinski definition) is 1. The first kappa shape index (κ1) is 21.9. The van der Waals surface area contributed by atoms with Crippen LogP contribution >= 0.6 is 23.1 Å². The van der Waals surface area contributed by atoms with Crippen molar-refractivity contribution in [3.8, 4) is 5.75 Å². The molecule has 0 aliphatic heterocycles. The monoisotopic (exact) mass is 465 g/mol. The van der Waals surface area contributed by atoms with E-state index in [4.69, 9.17) is 0 Å². The molecule has 30 heavy (non-hydrogen) atoms. The number of halogens is 6. The van der Waals surface area contributed by atoms with E-state index in [1.54, 1.807) is 18.2 Å². The van der Waals surface area contributed by atoms with Crippen molar-refractivity contribution in [3.05, 3.63) is 64.7 Å².